The van der Waals surface area contributed by atoms with Crippen molar-refractivity contribution in [2.75, 3.05) is 22.0 Å². The van der Waals surface area contributed by atoms with Gasteiger partial charge in [-0.3, -0.25) is 9.52 Å². The summed E-state index contributed by atoms with van der Waals surface area (Å²) in [6.07, 6.45) is 1.08. The number of fused-ring (bicyclic) bond motifs is 1. The predicted octanol–water partition coefficient (Wildman–Crippen LogP) is 2.93. The first-order valence-electron chi connectivity index (χ1n) is 7.25. The van der Waals surface area contributed by atoms with Gasteiger partial charge in [-0.1, -0.05) is 23.9 Å². The highest BCUT2D eigenvalue weighted by atomic mass is 32.2. The topological polar surface area (TPSA) is 101 Å². The number of para-hydroxylation sites is 2. The summed E-state index contributed by atoms with van der Waals surface area (Å²) in [5, 5.41) is 3.16. The monoisotopic (exact) mass is 377 g/mol. The van der Waals surface area contributed by atoms with Crippen LogP contribution in [-0.4, -0.2) is 31.3 Å². The lowest BCUT2D eigenvalue weighted by molar-refractivity contribution is -0.113. The van der Waals surface area contributed by atoms with E-state index in [1.165, 1.54) is 11.8 Å². The van der Waals surface area contributed by atoms with Crippen molar-refractivity contribution < 1.29 is 17.6 Å². The molecule has 0 saturated carbocycles. The molecule has 0 bridgehead atoms. The number of amides is 1. The molecule has 1 aromatic heterocycles. The number of oxazole rings is 1. The average molecular weight is 377 g/mol. The highest BCUT2D eigenvalue weighted by molar-refractivity contribution is 7.99. The first kappa shape index (κ1) is 17.3. The molecular formula is C16H15N3O4S2. The highest BCUT2D eigenvalue weighted by Gasteiger charge is 2.09. The Labute approximate surface area is 148 Å². The van der Waals surface area contributed by atoms with E-state index in [0.29, 0.717) is 22.2 Å². The second kappa shape index (κ2) is 7.16. The fraction of sp³-hybridized carbons (Fsp3) is 0.125. The van der Waals surface area contributed by atoms with E-state index < -0.39 is 10.0 Å². The van der Waals surface area contributed by atoms with Crippen molar-refractivity contribution in [3.63, 3.8) is 0 Å². The third kappa shape index (κ3) is 4.97. The zero-order valence-electron chi connectivity index (χ0n) is 13.2. The molecule has 0 atom stereocenters. The lowest BCUT2D eigenvalue weighted by Crippen LogP contribution is -2.14. The Balaban J connectivity index is 1.55. The molecule has 2 aromatic carbocycles. The van der Waals surface area contributed by atoms with E-state index in [4.69, 9.17) is 4.42 Å². The fourth-order valence-electron chi connectivity index (χ4n) is 2.07. The number of carbonyl (C=O) groups excluding carboxylic acids is 1. The smallest absolute Gasteiger partial charge is 0.257 e. The molecule has 0 saturated heterocycles. The lowest BCUT2D eigenvalue weighted by atomic mass is 10.3. The zero-order chi connectivity index (χ0) is 17.9. The Kier molecular flexibility index (Phi) is 4.95. The molecule has 0 unspecified atom stereocenters. The molecule has 0 spiro atoms. The van der Waals surface area contributed by atoms with Crippen LogP contribution in [0.5, 0.6) is 0 Å². The average Bonchev–Trinajstić information content (AvgIpc) is 2.96. The van der Waals surface area contributed by atoms with Crippen molar-refractivity contribution in [2.24, 2.45) is 0 Å². The minimum atomic E-state index is -3.32. The summed E-state index contributed by atoms with van der Waals surface area (Å²) in [7, 11) is -3.32. The van der Waals surface area contributed by atoms with Crippen LogP contribution in [0.1, 0.15) is 0 Å². The quantitative estimate of drug-likeness (QED) is 0.641. The van der Waals surface area contributed by atoms with Gasteiger partial charge in [0, 0.05) is 11.4 Å². The van der Waals surface area contributed by atoms with Gasteiger partial charge in [-0.25, -0.2) is 13.4 Å². The molecule has 9 heteroatoms. The zero-order valence-corrected chi connectivity index (χ0v) is 14.9. The molecule has 3 aromatic rings. The maximum absolute atomic E-state index is 12.0. The van der Waals surface area contributed by atoms with Gasteiger partial charge in [0.25, 0.3) is 5.22 Å². The number of nitrogens with zero attached hydrogens (tertiary/aromatic N) is 1. The highest BCUT2D eigenvalue weighted by Crippen LogP contribution is 2.23. The lowest BCUT2D eigenvalue weighted by Gasteiger charge is -2.07. The molecule has 1 amide bonds. The third-order valence-electron chi connectivity index (χ3n) is 3.07. The molecule has 7 nitrogen and oxygen atoms in total. The third-order valence-corrected chi connectivity index (χ3v) is 4.51. The molecule has 2 N–H and O–H groups in total. The van der Waals surface area contributed by atoms with Crippen molar-refractivity contribution in [2.45, 2.75) is 5.22 Å². The Morgan fingerprint density at radius 2 is 1.80 bits per heavy atom. The van der Waals surface area contributed by atoms with E-state index in [1.54, 1.807) is 24.3 Å². The Bertz CT molecular complexity index is 965. The van der Waals surface area contributed by atoms with Gasteiger partial charge in [0.05, 0.1) is 12.0 Å². The second-order valence-electron chi connectivity index (χ2n) is 5.24. The van der Waals surface area contributed by atoms with Gasteiger partial charge in [-0.2, -0.15) is 0 Å². The van der Waals surface area contributed by atoms with E-state index in [9.17, 15) is 13.2 Å². The van der Waals surface area contributed by atoms with Crippen molar-refractivity contribution in [1.82, 2.24) is 4.98 Å². The minimum absolute atomic E-state index is 0.149. The molecule has 0 aliphatic rings. The Morgan fingerprint density at radius 1 is 1.12 bits per heavy atom. The number of nitrogens with one attached hydrogen (secondary N) is 2. The summed E-state index contributed by atoms with van der Waals surface area (Å²) >= 11 is 1.20. The summed E-state index contributed by atoms with van der Waals surface area (Å²) in [5.74, 6) is -0.0630. The summed E-state index contributed by atoms with van der Waals surface area (Å²) in [5.41, 5.74) is 2.43. The number of carbonyl (C=O) groups is 1. The van der Waals surface area contributed by atoms with E-state index in [1.807, 2.05) is 24.3 Å². The SMILES string of the molecule is CS(=O)(=O)Nc1ccc(NC(=O)CSc2nc3ccccc3o2)cc1. The van der Waals surface area contributed by atoms with Gasteiger partial charge in [-0.05, 0) is 36.4 Å². The van der Waals surface area contributed by atoms with E-state index >= 15 is 0 Å². The number of rotatable bonds is 6. The van der Waals surface area contributed by atoms with Crippen LogP contribution >= 0.6 is 11.8 Å². The van der Waals surface area contributed by atoms with Crippen LogP contribution in [0.4, 0.5) is 11.4 Å². The van der Waals surface area contributed by atoms with Gasteiger partial charge in [0.2, 0.25) is 15.9 Å². The number of aromatic nitrogens is 1. The number of anilines is 2. The maximum Gasteiger partial charge on any atom is 0.257 e. The number of sulfonamides is 1. The minimum Gasteiger partial charge on any atom is -0.431 e. The summed E-state index contributed by atoms with van der Waals surface area (Å²) in [4.78, 5) is 16.3. The van der Waals surface area contributed by atoms with E-state index in [2.05, 4.69) is 15.0 Å². The van der Waals surface area contributed by atoms with Crippen LogP contribution in [0.3, 0.4) is 0 Å². The molecular weight excluding hydrogens is 362 g/mol. The molecule has 130 valence electrons. The fourth-order valence-corrected chi connectivity index (χ4v) is 3.28. The maximum atomic E-state index is 12.0. The first-order chi connectivity index (χ1) is 11.9. The number of hydrogen-bond acceptors (Lipinski definition) is 6. The van der Waals surface area contributed by atoms with Crippen LogP contribution in [0.2, 0.25) is 0 Å². The largest absolute Gasteiger partial charge is 0.431 e. The molecule has 0 aliphatic carbocycles. The molecule has 0 radical (unpaired) electrons. The molecule has 0 fully saturated rings. The van der Waals surface area contributed by atoms with Crippen LogP contribution in [0.25, 0.3) is 11.1 Å². The van der Waals surface area contributed by atoms with E-state index in [0.717, 1.165) is 11.8 Å². The van der Waals surface area contributed by atoms with Crippen LogP contribution in [0.15, 0.2) is 58.2 Å². The Morgan fingerprint density at radius 3 is 2.48 bits per heavy atom. The molecule has 3 rings (SSSR count). The van der Waals surface area contributed by atoms with Gasteiger partial charge >= 0.3 is 0 Å². The number of benzene rings is 2. The molecule has 1 heterocycles. The van der Waals surface area contributed by atoms with Crippen molar-refractivity contribution >= 4 is 50.2 Å². The normalized spacial score (nSPS) is 11.4. The van der Waals surface area contributed by atoms with Gasteiger partial charge in [0.1, 0.15) is 5.52 Å². The van der Waals surface area contributed by atoms with Crippen molar-refractivity contribution in [1.29, 1.82) is 0 Å². The summed E-state index contributed by atoms with van der Waals surface area (Å²) in [6, 6.07) is 13.8. The molecule has 25 heavy (non-hydrogen) atoms. The van der Waals surface area contributed by atoms with Crippen molar-refractivity contribution in [3.8, 4) is 0 Å². The van der Waals surface area contributed by atoms with Gasteiger partial charge < -0.3 is 9.73 Å². The summed E-state index contributed by atoms with van der Waals surface area (Å²) in [6.45, 7) is 0. The van der Waals surface area contributed by atoms with Gasteiger partial charge in [-0.15, -0.1) is 0 Å². The molecule has 0 aliphatic heterocycles. The van der Waals surface area contributed by atoms with E-state index in [-0.39, 0.29) is 11.7 Å². The Hall–Kier alpha value is -2.52. The summed E-state index contributed by atoms with van der Waals surface area (Å²) < 4.78 is 30.2. The second-order valence-corrected chi connectivity index (χ2v) is 7.91. The standard InChI is InChI=1S/C16H15N3O4S2/c1-25(21,22)19-12-8-6-11(7-9-12)17-15(20)10-24-16-18-13-4-2-3-5-14(13)23-16/h2-9,19H,10H2,1H3,(H,17,20). The van der Waals surface area contributed by atoms with Crippen LogP contribution in [-0.2, 0) is 14.8 Å². The first-order valence-corrected chi connectivity index (χ1v) is 10.1. The number of thioether (sulfide) groups is 1. The number of hydrogen-bond donors (Lipinski definition) is 2. The van der Waals surface area contributed by atoms with Crippen molar-refractivity contribution in [3.05, 3.63) is 48.5 Å². The van der Waals surface area contributed by atoms with Crippen LogP contribution in [0, 0.1) is 0 Å². The predicted molar refractivity (Wildman–Crippen MR) is 98.3 cm³/mol. The van der Waals surface area contributed by atoms with Gasteiger partial charge in [0.15, 0.2) is 5.58 Å². The van der Waals surface area contributed by atoms with Crippen LogP contribution < -0.4 is 10.0 Å².